The third kappa shape index (κ3) is 2.48. The number of rotatable bonds is 2. The molecule has 0 unspecified atom stereocenters. The molecular formula is C16H10Br2Cl2. The maximum Gasteiger partial charge on any atom is 0.0609 e. The molecule has 0 amide bonds. The molecule has 0 heterocycles. The van der Waals surface area contributed by atoms with E-state index in [0.717, 1.165) is 19.9 Å². The predicted octanol–water partition coefficient (Wildman–Crippen LogP) is 6.68. The third-order valence-corrected chi connectivity index (χ3v) is 5.20. The fourth-order valence-electron chi connectivity index (χ4n) is 2.64. The van der Waals surface area contributed by atoms with Crippen LogP contribution in [-0.2, 0) is 5.41 Å². The predicted molar refractivity (Wildman–Crippen MR) is 93.2 cm³/mol. The first-order valence-electron chi connectivity index (χ1n) is 6.11. The summed E-state index contributed by atoms with van der Waals surface area (Å²) in [7, 11) is 0. The molecule has 0 atom stereocenters. The van der Waals surface area contributed by atoms with Crippen molar-refractivity contribution in [3.63, 3.8) is 0 Å². The second kappa shape index (κ2) is 5.49. The lowest BCUT2D eigenvalue weighted by molar-refractivity contribution is 0.881. The van der Waals surface area contributed by atoms with Crippen LogP contribution in [0.1, 0.15) is 17.5 Å². The van der Waals surface area contributed by atoms with Crippen molar-refractivity contribution in [1.82, 2.24) is 0 Å². The van der Waals surface area contributed by atoms with Crippen molar-refractivity contribution < 1.29 is 0 Å². The lowest BCUT2D eigenvalue weighted by atomic mass is 9.87. The highest BCUT2D eigenvalue weighted by molar-refractivity contribution is 9.28. The average molecular weight is 433 g/mol. The molecule has 1 saturated carbocycles. The number of hydrogen-bond donors (Lipinski definition) is 0. The molecule has 3 rings (SSSR count). The molecule has 0 spiro atoms. The van der Waals surface area contributed by atoms with Crippen molar-refractivity contribution in [2.45, 2.75) is 11.8 Å². The molecule has 20 heavy (non-hydrogen) atoms. The van der Waals surface area contributed by atoms with Crippen LogP contribution in [0.4, 0.5) is 0 Å². The summed E-state index contributed by atoms with van der Waals surface area (Å²) < 4.78 is 1.02. The highest BCUT2D eigenvalue weighted by Crippen LogP contribution is 2.61. The van der Waals surface area contributed by atoms with Crippen LogP contribution in [0.25, 0.3) is 0 Å². The zero-order valence-corrected chi connectivity index (χ0v) is 15.0. The van der Waals surface area contributed by atoms with Gasteiger partial charge in [-0.25, -0.2) is 0 Å². The van der Waals surface area contributed by atoms with Gasteiger partial charge >= 0.3 is 0 Å². The number of benzene rings is 2. The average Bonchev–Trinajstić information content (AvgIpc) is 3.17. The molecule has 102 valence electrons. The maximum atomic E-state index is 6.00. The molecule has 0 saturated heterocycles. The van der Waals surface area contributed by atoms with Crippen LogP contribution in [0.3, 0.4) is 0 Å². The Hall–Kier alpha value is -0.280. The highest BCUT2D eigenvalue weighted by atomic mass is 79.9. The quantitative estimate of drug-likeness (QED) is 0.496. The zero-order valence-electron chi connectivity index (χ0n) is 10.3. The molecule has 2 aromatic carbocycles. The van der Waals surface area contributed by atoms with Crippen molar-refractivity contribution in [2.24, 2.45) is 0 Å². The van der Waals surface area contributed by atoms with E-state index in [1.807, 2.05) is 24.3 Å². The lowest BCUT2D eigenvalue weighted by Crippen LogP contribution is -2.09. The summed E-state index contributed by atoms with van der Waals surface area (Å²) in [4.78, 5) is 0. The van der Waals surface area contributed by atoms with Crippen LogP contribution in [0, 0.1) is 0 Å². The van der Waals surface area contributed by atoms with E-state index in [-0.39, 0.29) is 5.41 Å². The van der Waals surface area contributed by atoms with Crippen LogP contribution >= 0.6 is 55.1 Å². The van der Waals surface area contributed by atoms with E-state index in [2.05, 4.69) is 56.1 Å². The Balaban J connectivity index is 2.14. The molecule has 2 aromatic rings. The van der Waals surface area contributed by atoms with E-state index in [9.17, 15) is 0 Å². The third-order valence-electron chi connectivity index (χ3n) is 3.73. The molecule has 0 aromatic heterocycles. The smallest absolute Gasteiger partial charge is 0.0609 e. The Bertz CT molecular complexity index is 623. The monoisotopic (exact) mass is 430 g/mol. The summed E-state index contributed by atoms with van der Waals surface area (Å²) in [5.41, 5.74) is 3.76. The van der Waals surface area contributed by atoms with Crippen molar-refractivity contribution >= 4 is 55.1 Å². The van der Waals surface area contributed by atoms with Gasteiger partial charge in [0, 0.05) is 15.5 Å². The summed E-state index contributed by atoms with van der Waals surface area (Å²) in [6.07, 6.45) is 0.988. The maximum absolute atomic E-state index is 6.00. The Labute approximate surface area is 145 Å². The van der Waals surface area contributed by atoms with Crippen LogP contribution in [0.15, 0.2) is 57.5 Å². The summed E-state index contributed by atoms with van der Waals surface area (Å²) in [5.74, 6) is 0. The van der Waals surface area contributed by atoms with Gasteiger partial charge < -0.3 is 0 Å². The van der Waals surface area contributed by atoms with E-state index < -0.39 is 0 Å². The number of hydrogen-bond acceptors (Lipinski definition) is 0. The van der Waals surface area contributed by atoms with Gasteiger partial charge in [-0.1, -0.05) is 47.5 Å². The Morgan fingerprint density at radius 3 is 1.50 bits per heavy atom. The SMILES string of the molecule is Clc1ccc(C2(c3ccc(Cl)cc3)CC2=C(Br)Br)cc1. The van der Waals surface area contributed by atoms with E-state index >= 15 is 0 Å². The second-order valence-corrected chi connectivity index (χ2v) is 8.36. The molecule has 0 aliphatic heterocycles. The van der Waals surface area contributed by atoms with Crippen molar-refractivity contribution in [3.8, 4) is 0 Å². The molecule has 4 heteroatoms. The Morgan fingerprint density at radius 2 is 1.20 bits per heavy atom. The van der Waals surface area contributed by atoms with E-state index in [0.29, 0.717) is 0 Å². The number of allylic oxidation sites excluding steroid dienone is 1. The molecule has 1 aliphatic rings. The van der Waals surface area contributed by atoms with E-state index in [1.165, 1.54) is 16.7 Å². The number of halogens is 4. The van der Waals surface area contributed by atoms with Crippen molar-refractivity contribution in [3.05, 3.63) is 78.7 Å². The lowest BCUT2D eigenvalue weighted by Gasteiger charge is -2.17. The standard InChI is InChI=1S/C16H10Br2Cl2/c17-15(18)14-9-16(14,10-1-5-12(19)6-2-10)11-3-7-13(20)8-4-11/h1-8H,9H2. The van der Waals surface area contributed by atoms with Crippen LogP contribution in [0.5, 0.6) is 0 Å². The largest absolute Gasteiger partial charge is 0.0843 e. The fraction of sp³-hybridized carbons (Fsp3) is 0.125. The first-order chi connectivity index (χ1) is 9.54. The van der Waals surface area contributed by atoms with Gasteiger partial charge in [-0.05, 0) is 79.2 Å². The minimum Gasteiger partial charge on any atom is -0.0843 e. The fourth-order valence-corrected chi connectivity index (χ4v) is 3.85. The first kappa shape index (κ1) is 14.6. The molecule has 1 aliphatic carbocycles. The van der Waals surface area contributed by atoms with Gasteiger partial charge in [0.1, 0.15) is 0 Å². The normalized spacial score (nSPS) is 16.1. The van der Waals surface area contributed by atoms with Gasteiger partial charge in [0.2, 0.25) is 0 Å². The van der Waals surface area contributed by atoms with Crippen LogP contribution < -0.4 is 0 Å². The molecule has 1 fully saturated rings. The molecule has 0 nitrogen and oxygen atoms in total. The van der Waals surface area contributed by atoms with Crippen LogP contribution in [-0.4, -0.2) is 0 Å². The summed E-state index contributed by atoms with van der Waals surface area (Å²) in [5, 5.41) is 1.51. The second-order valence-electron chi connectivity index (χ2n) is 4.83. The topological polar surface area (TPSA) is 0 Å². The minimum atomic E-state index is -0.0719. The van der Waals surface area contributed by atoms with Gasteiger partial charge in [-0.3, -0.25) is 0 Å². The Kier molecular flexibility index (Phi) is 4.02. The molecule has 0 bridgehead atoms. The van der Waals surface area contributed by atoms with Crippen molar-refractivity contribution in [1.29, 1.82) is 0 Å². The Morgan fingerprint density at radius 1 is 0.800 bits per heavy atom. The minimum absolute atomic E-state index is 0.0719. The summed E-state index contributed by atoms with van der Waals surface area (Å²) >= 11 is 19.1. The molecule has 0 radical (unpaired) electrons. The van der Waals surface area contributed by atoms with Crippen LogP contribution in [0.2, 0.25) is 10.0 Å². The van der Waals surface area contributed by atoms with Gasteiger partial charge in [0.05, 0.1) is 3.39 Å². The first-order valence-corrected chi connectivity index (χ1v) is 8.45. The highest BCUT2D eigenvalue weighted by Gasteiger charge is 2.52. The van der Waals surface area contributed by atoms with E-state index in [1.54, 1.807) is 0 Å². The van der Waals surface area contributed by atoms with Crippen molar-refractivity contribution in [2.75, 3.05) is 0 Å². The summed E-state index contributed by atoms with van der Waals surface area (Å²) in [6.45, 7) is 0. The van der Waals surface area contributed by atoms with Gasteiger partial charge in [0.25, 0.3) is 0 Å². The molecule has 0 N–H and O–H groups in total. The van der Waals surface area contributed by atoms with Gasteiger partial charge in [-0.15, -0.1) is 0 Å². The van der Waals surface area contributed by atoms with Gasteiger partial charge in [-0.2, -0.15) is 0 Å². The van der Waals surface area contributed by atoms with Gasteiger partial charge in [0.15, 0.2) is 0 Å². The summed E-state index contributed by atoms with van der Waals surface area (Å²) in [6, 6.07) is 16.1. The molecular weight excluding hydrogens is 423 g/mol. The zero-order chi connectivity index (χ0) is 14.3. The van der Waals surface area contributed by atoms with E-state index in [4.69, 9.17) is 23.2 Å².